The largest absolute Gasteiger partial charge is 0.487 e. The maximum Gasteiger partial charge on any atom is 0.323 e. The first-order valence-electron chi connectivity index (χ1n) is 11.5. The average molecular weight is 496 g/mol. The van der Waals surface area contributed by atoms with Crippen molar-refractivity contribution in [2.75, 3.05) is 13.1 Å². The second-order valence-corrected chi connectivity index (χ2v) is 9.68. The molecular weight excluding hydrogens is 469 g/mol. The van der Waals surface area contributed by atoms with Gasteiger partial charge in [0.05, 0.1) is 6.42 Å². The van der Waals surface area contributed by atoms with Crippen LogP contribution < -0.4 is 4.74 Å². The number of carbonyl (C=O) groups is 2. The lowest BCUT2D eigenvalue weighted by molar-refractivity contribution is -0.144. The number of benzene rings is 3. The number of fused-ring (bicyclic) bond motifs is 1. The van der Waals surface area contributed by atoms with Crippen LogP contribution in [-0.4, -0.2) is 40.6 Å². The van der Waals surface area contributed by atoms with E-state index in [0.29, 0.717) is 23.4 Å². The fourth-order valence-electron chi connectivity index (χ4n) is 4.52. The Balaban J connectivity index is 1.41. The normalized spacial score (nSPS) is 16.4. The van der Waals surface area contributed by atoms with Gasteiger partial charge in [0.2, 0.25) is 5.91 Å². The van der Waals surface area contributed by atoms with Crippen molar-refractivity contribution in [1.82, 2.24) is 4.90 Å². The zero-order chi connectivity index (χ0) is 25.0. The van der Waals surface area contributed by atoms with E-state index in [9.17, 15) is 19.1 Å². The summed E-state index contributed by atoms with van der Waals surface area (Å²) in [6.45, 7) is 1.86. The molecule has 5 nitrogen and oxygen atoms in total. The fraction of sp³-hybridized carbons (Fsp3) is 0.286. The van der Waals surface area contributed by atoms with E-state index in [1.165, 1.54) is 17.0 Å². The smallest absolute Gasteiger partial charge is 0.323 e. The molecule has 1 aliphatic rings. The molecule has 0 bridgehead atoms. The predicted molar refractivity (Wildman–Crippen MR) is 132 cm³/mol. The highest BCUT2D eigenvalue weighted by molar-refractivity contribution is 6.30. The van der Waals surface area contributed by atoms with E-state index in [1.807, 2.05) is 42.5 Å². The number of amides is 1. The third-order valence-corrected chi connectivity index (χ3v) is 6.38. The summed E-state index contributed by atoms with van der Waals surface area (Å²) in [5.41, 5.74) is 3.26. The third kappa shape index (κ3) is 6.61. The molecule has 1 N–H and O–H groups in total. The van der Waals surface area contributed by atoms with Gasteiger partial charge in [-0.1, -0.05) is 48.0 Å². The Morgan fingerprint density at radius 3 is 2.51 bits per heavy atom. The molecule has 0 radical (unpaired) electrons. The summed E-state index contributed by atoms with van der Waals surface area (Å²) < 4.78 is 19.7. The molecule has 1 aliphatic heterocycles. The van der Waals surface area contributed by atoms with E-state index in [1.54, 1.807) is 12.1 Å². The monoisotopic (exact) mass is 495 g/mol. The van der Waals surface area contributed by atoms with Crippen molar-refractivity contribution < 1.29 is 23.8 Å². The molecule has 182 valence electrons. The molecular formula is C28H27ClFNO4. The summed E-state index contributed by atoms with van der Waals surface area (Å²) in [5.74, 6) is -0.933. The number of carbonyl (C=O) groups excluding carboxylic acids is 1. The van der Waals surface area contributed by atoms with E-state index in [-0.39, 0.29) is 24.7 Å². The quantitative estimate of drug-likeness (QED) is 0.448. The number of rotatable bonds is 9. The number of ether oxygens (including phenoxy) is 1. The van der Waals surface area contributed by atoms with E-state index < -0.39 is 18.1 Å². The third-order valence-electron chi connectivity index (χ3n) is 6.13. The Hall–Kier alpha value is -3.38. The number of hydrogen-bond acceptors (Lipinski definition) is 3. The number of aliphatic carboxylic acids is 1. The molecule has 0 spiro atoms. The molecule has 1 atom stereocenters. The van der Waals surface area contributed by atoms with Crippen LogP contribution in [0.1, 0.15) is 29.2 Å². The van der Waals surface area contributed by atoms with Gasteiger partial charge in [0.1, 0.15) is 23.7 Å². The van der Waals surface area contributed by atoms with Crippen molar-refractivity contribution in [2.45, 2.75) is 38.2 Å². The van der Waals surface area contributed by atoms with Crippen LogP contribution in [0.2, 0.25) is 5.02 Å². The molecule has 0 fully saturated rings. The van der Waals surface area contributed by atoms with E-state index in [4.69, 9.17) is 16.3 Å². The Morgan fingerprint density at radius 1 is 1.06 bits per heavy atom. The lowest BCUT2D eigenvalue weighted by Crippen LogP contribution is -2.38. The second-order valence-electron chi connectivity index (χ2n) is 9.24. The maximum atomic E-state index is 13.5. The molecule has 3 aromatic carbocycles. The predicted octanol–water partition coefficient (Wildman–Crippen LogP) is 5.11. The highest BCUT2D eigenvalue weighted by Gasteiger charge is 2.35. The van der Waals surface area contributed by atoms with Crippen LogP contribution in [0.15, 0.2) is 66.7 Å². The van der Waals surface area contributed by atoms with E-state index in [2.05, 4.69) is 6.92 Å². The van der Waals surface area contributed by atoms with Crippen molar-refractivity contribution >= 4 is 23.5 Å². The van der Waals surface area contributed by atoms with Gasteiger partial charge >= 0.3 is 5.97 Å². The number of halogens is 2. The van der Waals surface area contributed by atoms with Gasteiger partial charge < -0.3 is 14.7 Å². The van der Waals surface area contributed by atoms with E-state index >= 15 is 0 Å². The molecule has 0 aliphatic carbocycles. The topological polar surface area (TPSA) is 66.8 Å². The second kappa shape index (κ2) is 10.5. The Kier molecular flexibility index (Phi) is 7.41. The van der Waals surface area contributed by atoms with Crippen LogP contribution in [-0.2, 0) is 35.3 Å². The zero-order valence-electron chi connectivity index (χ0n) is 19.5. The van der Waals surface area contributed by atoms with Crippen molar-refractivity contribution in [3.8, 4) is 5.75 Å². The molecule has 4 rings (SSSR count). The standard InChI is InChI=1S/C28H27ClFNO4/c1-28(16-20-5-8-23(29)9-6-20)17-22-13-21(7-10-25(22)35-28)15-26(32)31(18-27(33)34)12-11-19-3-2-4-24(30)14-19/h2-10,13-14H,11-12,15-18H2,1H3,(H,33,34)/t28-/m0/s1. The molecule has 0 saturated heterocycles. The average Bonchev–Trinajstić information content (AvgIpc) is 3.13. The molecule has 3 aromatic rings. The summed E-state index contributed by atoms with van der Waals surface area (Å²) >= 11 is 5.99. The number of carboxylic acid groups (broad SMARTS) is 1. The summed E-state index contributed by atoms with van der Waals surface area (Å²) in [4.78, 5) is 25.6. The lowest BCUT2D eigenvalue weighted by Gasteiger charge is -2.24. The first-order chi connectivity index (χ1) is 16.7. The molecule has 0 aromatic heterocycles. The van der Waals surface area contributed by atoms with Gasteiger partial charge in [-0.25, -0.2) is 4.39 Å². The SMILES string of the molecule is C[C@]1(Cc2ccc(Cl)cc2)Cc2cc(CC(=O)N(CCc3cccc(F)c3)CC(=O)O)ccc2O1. The van der Waals surface area contributed by atoms with E-state index in [0.717, 1.165) is 28.9 Å². The molecule has 35 heavy (non-hydrogen) atoms. The first kappa shape index (κ1) is 24.7. The Bertz CT molecular complexity index is 1230. The van der Waals surface area contributed by atoms with Gasteiger partial charge in [-0.3, -0.25) is 9.59 Å². The summed E-state index contributed by atoms with van der Waals surface area (Å²) in [5, 5.41) is 9.97. The molecule has 1 heterocycles. The zero-order valence-corrected chi connectivity index (χ0v) is 20.2. The van der Waals surface area contributed by atoms with Crippen molar-refractivity contribution in [3.63, 3.8) is 0 Å². The number of nitrogens with zero attached hydrogens (tertiary/aromatic N) is 1. The van der Waals surface area contributed by atoms with Gasteiger partial charge in [0.15, 0.2) is 0 Å². The minimum Gasteiger partial charge on any atom is -0.487 e. The van der Waals surface area contributed by atoms with Gasteiger partial charge in [0, 0.05) is 24.4 Å². The highest BCUT2D eigenvalue weighted by Crippen LogP contribution is 2.37. The van der Waals surface area contributed by atoms with Crippen LogP contribution in [0.25, 0.3) is 0 Å². The van der Waals surface area contributed by atoms with Gasteiger partial charge in [-0.05, 0) is 65.9 Å². The summed E-state index contributed by atoms with van der Waals surface area (Å²) in [7, 11) is 0. The van der Waals surface area contributed by atoms with Gasteiger partial charge in [-0.15, -0.1) is 0 Å². The highest BCUT2D eigenvalue weighted by atomic mass is 35.5. The van der Waals surface area contributed by atoms with Gasteiger partial charge in [-0.2, -0.15) is 0 Å². The van der Waals surface area contributed by atoms with Crippen LogP contribution in [0.5, 0.6) is 5.75 Å². The lowest BCUT2D eigenvalue weighted by atomic mass is 9.91. The minimum absolute atomic E-state index is 0.0810. The maximum absolute atomic E-state index is 13.5. The molecule has 7 heteroatoms. The fourth-order valence-corrected chi connectivity index (χ4v) is 4.64. The molecule has 0 unspecified atom stereocenters. The van der Waals surface area contributed by atoms with Crippen molar-refractivity contribution in [3.05, 3.63) is 99.8 Å². The Labute approximate surface area is 209 Å². The number of carboxylic acids is 1. The summed E-state index contributed by atoms with van der Waals surface area (Å²) in [6.07, 6.45) is 1.88. The van der Waals surface area contributed by atoms with Crippen LogP contribution in [0, 0.1) is 5.82 Å². The summed E-state index contributed by atoms with van der Waals surface area (Å²) in [6, 6.07) is 19.5. The molecule has 1 amide bonds. The van der Waals surface area contributed by atoms with Crippen LogP contribution in [0.3, 0.4) is 0 Å². The van der Waals surface area contributed by atoms with Gasteiger partial charge in [0.25, 0.3) is 0 Å². The molecule has 0 saturated carbocycles. The minimum atomic E-state index is -1.09. The first-order valence-corrected chi connectivity index (χ1v) is 11.9. The van der Waals surface area contributed by atoms with Crippen LogP contribution >= 0.6 is 11.6 Å². The van der Waals surface area contributed by atoms with Crippen molar-refractivity contribution in [1.29, 1.82) is 0 Å². The van der Waals surface area contributed by atoms with Crippen LogP contribution in [0.4, 0.5) is 4.39 Å². The van der Waals surface area contributed by atoms with Crippen molar-refractivity contribution in [2.24, 2.45) is 0 Å². The Morgan fingerprint density at radius 2 is 1.80 bits per heavy atom. The number of hydrogen-bond donors (Lipinski definition) is 1.